The summed E-state index contributed by atoms with van der Waals surface area (Å²) in [5, 5.41) is 0. The molecule has 1 rings (SSSR count). The molecular formula is C17H25N3O5. The lowest BCUT2D eigenvalue weighted by molar-refractivity contribution is -0.140. The number of hydrogen-bond acceptors (Lipinski definition) is 6. The molecule has 0 fully saturated rings. The minimum absolute atomic E-state index is 0.176. The Balaban J connectivity index is 3.00. The van der Waals surface area contributed by atoms with Gasteiger partial charge in [-0.15, -0.1) is 0 Å². The van der Waals surface area contributed by atoms with E-state index in [2.05, 4.69) is 9.47 Å². The third-order valence-corrected chi connectivity index (χ3v) is 3.72. The van der Waals surface area contributed by atoms with Crippen LogP contribution < -0.4 is 15.5 Å². The van der Waals surface area contributed by atoms with Gasteiger partial charge in [-0.2, -0.15) is 0 Å². The first-order valence-electron chi connectivity index (χ1n) is 7.98. The molecule has 0 saturated heterocycles. The summed E-state index contributed by atoms with van der Waals surface area (Å²) in [4.78, 5) is 37.7. The predicted molar refractivity (Wildman–Crippen MR) is 94.5 cm³/mol. The zero-order valence-corrected chi connectivity index (χ0v) is 14.9. The molecule has 0 heterocycles. The van der Waals surface area contributed by atoms with Crippen molar-refractivity contribution in [3.8, 4) is 0 Å². The van der Waals surface area contributed by atoms with E-state index in [0.717, 1.165) is 5.69 Å². The number of esters is 2. The number of ether oxygens (including phenoxy) is 2. The average Bonchev–Trinajstić information content (AvgIpc) is 2.61. The first kappa shape index (κ1) is 20.3. The van der Waals surface area contributed by atoms with E-state index in [-0.39, 0.29) is 24.8 Å². The second kappa shape index (κ2) is 10.2. The second-order valence-corrected chi connectivity index (χ2v) is 5.24. The molecule has 8 nitrogen and oxygen atoms in total. The molecule has 0 aliphatic heterocycles. The smallest absolute Gasteiger partial charge is 0.319 e. The van der Waals surface area contributed by atoms with Gasteiger partial charge >= 0.3 is 18.0 Å². The summed E-state index contributed by atoms with van der Waals surface area (Å²) in [6, 6.07) is 6.65. The van der Waals surface area contributed by atoms with Crippen LogP contribution in [0.1, 0.15) is 19.8 Å². The molecular weight excluding hydrogens is 326 g/mol. The van der Waals surface area contributed by atoms with Crippen molar-refractivity contribution in [3.05, 3.63) is 24.3 Å². The topological polar surface area (TPSA) is 102 Å². The molecule has 2 amide bonds. The minimum atomic E-state index is -0.546. The number of nitrogens with zero attached hydrogens (tertiary/aromatic N) is 2. The zero-order chi connectivity index (χ0) is 18.8. The van der Waals surface area contributed by atoms with Crippen molar-refractivity contribution >= 4 is 29.3 Å². The van der Waals surface area contributed by atoms with E-state index in [1.807, 2.05) is 17.9 Å². The molecule has 0 aliphatic rings. The number of rotatable bonds is 9. The number of carbonyl (C=O) groups excluding carboxylic acids is 3. The number of amides is 2. The molecule has 1 aromatic rings. The third-order valence-electron chi connectivity index (χ3n) is 3.72. The van der Waals surface area contributed by atoms with Crippen LogP contribution in [0, 0.1) is 0 Å². The number of anilines is 2. The van der Waals surface area contributed by atoms with Crippen molar-refractivity contribution < 1.29 is 23.9 Å². The summed E-state index contributed by atoms with van der Waals surface area (Å²) >= 11 is 0. The van der Waals surface area contributed by atoms with Crippen LogP contribution in [0.3, 0.4) is 0 Å². The second-order valence-electron chi connectivity index (χ2n) is 5.24. The van der Waals surface area contributed by atoms with Gasteiger partial charge in [0.05, 0.1) is 27.1 Å². The maximum Gasteiger partial charge on any atom is 0.319 e. The largest absolute Gasteiger partial charge is 0.469 e. The van der Waals surface area contributed by atoms with E-state index in [4.69, 9.17) is 5.73 Å². The van der Waals surface area contributed by atoms with Gasteiger partial charge in [-0.1, -0.05) is 6.07 Å². The molecule has 0 aliphatic carbocycles. The van der Waals surface area contributed by atoms with Gasteiger partial charge < -0.3 is 20.1 Å². The van der Waals surface area contributed by atoms with E-state index in [1.165, 1.54) is 19.1 Å². The standard InChI is InChI=1S/C17H25N3O5/c1-4-20(17(18)23)14-7-5-6-13(12-14)19(10-8-15(21)24-2)11-9-16(22)25-3/h5-7,12H,4,8-11H2,1-3H3,(H2,18,23). The lowest BCUT2D eigenvalue weighted by Crippen LogP contribution is -2.35. The lowest BCUT2D eigenvalue weighted by atomic mass is 10.2. The molecule has 1 aromatic carbocycles. The molecule has 0 aromatic heterocycles. The van der Waals surface area contributed by atoms with Crippen molar-refractivity contribution in [2.75, 3.05) is 43.7 Å². The maximum absolute atomic E-state index is 11.5. The van der Waals surface area contributed by atoms with Gasteiger partial charge in [0.25, 0.3) is 0 Å². The predicted octanol–water partition coefficient (Wildman–Crippen LogP) is 1.52. The SMILES string of the molecule is CCN(C(N)=O)c1cccc(N(CCC(=O)OC)CCC(=O)OC)c1. The van der Waals surface area contributed by atoms with E-state index < -0.39 is 6.03 Å². The van der Waals surface area contributed by atoms with Gasteiger partial charge in [0.1, 0.15) is 0 Å². The molecule has 0 unspecified atom stereocenters. The molecule has 0 saturated carbocycles. The molecule has 0 spiro atoms. The van der Waals surface area contributed by atoms with Gasteiger partial charge in [-0.3, -0.25) is 14.5 Å². The van der Waals surface area contributed by atoms with E-state index >= 15 is 0 Å². The van der Waals surface area contributed by atoms with Crippen molar-refractivity contribution in [3.63, 3.8) is 0 Å². The fraction of sp³-hybridized carbons (Fsp3) is 0.471. The Morgan fingerprint density at radius 1 is 1.00 bits per heavy atom. The zero-order valence-electron chi connectivity index (χ0n) is 14.9. The summed E-state index contributed by atoms with van der Waals surface area (Å²) in [6.07, 6.45) is 0.352. The Kier molecular flexibility index (Phi) is 8.25. The number of primary amides is 1. The summed E-state index contributed by atoms with van der Waals surface area (Å²) in [5.74, 6) is -0.682. The van der Waals surface area contributed by atoms with Gasteiger partial charge in [0, 0.05) is 31.0 Å². The van der Waals surface area contributed by atoms with Crippen LogP contribution in [0.15, 0.2) is 24.3 Å². The van der Waals surface area contributed by atoms with Gasteiger partial charge in [-0.25, -0.2) is 4.79 Å². The van der Waals surface area contributed by atoms with Crippen molar-refractivity contribution in [1.82, 2.24) is 0 Å². The van der Waals surface area contributed by atoms with Crippen molar-refractivity contribution in [2.24, 2.45) is 5.73 Å². The summed E-state index contributed by atoms with van der Waals surface area (Å²) < 4.78 is 9.33. The van der Waals surface area contributed by atoms with Crippen molar-refractivity contribution in [1.29, 1.82) is 0 Å². The molecule has 2 N–H and O–H groups in total. The fourth-order valence-corrected chi connectivity index (χ4v) is 2.35. The lowest BCUT2D eigenvalue weighted by Gasteiger charge is -2.26. The Morgan fingerprint density at radius 2 is 1.52 bits per heavy atom. The van der Waals surface area contributed by atoms with E-state index in [9.17, 15) is 14.4 Å². The van der Waals surface area contributed by atoms with Crippen LogP contribution in [0.25, 0.3) is 0 Å². The number of hydrogen-bond donors (Lipinski definition) is 1. The number of methoxy groups -OCH3 is 2. The first-order chi connectivity index (χ1) is 11.9. The van der Waals surface area contributed by atoms with Crippen LogP contribution in [0.5, 0.6) is 0 Å². The monoisotopic (exact) mass is 351 g/mol. The highest BCUT2D eigenvalue weighted by Gasteiger charge is 2.15. The van der Waals surface area contributed by atoms with Gasteiger partial charge in [0.15, 0.2) is 0 Å². The highest BCUT2D eigenvalue weighted by molar-refractivity contribution is 5.91. The van der Waals surface area contributed by atoms with Crippen LogP contribution in [-0.2, 0) is 19.1 Å². The molecule has 8 heteroatoms. The number of urea groups is 1. The highest BCUT2D eigenvalue weighted by Crippen LogP contribution is 2.23. The number of carbonyl (C=O) groups is 3. The minimum Gasteiger partial charge on any atom is -0.469 e. The van der Waals surface area contributed by atoms with Crippen molar-refractivity contribution in [2.45, 2.75) is 19.8 Å². The Morgan fingerprint density at radius 3 is 1.96 bits per heavy atom. The third kappa shape index (κ3) is 6.33. The molecule has 138 valence electrons. The highest BCUT2D eigenvalue weighted by atomic mass is 16.5. The molecule has 0 bridgehead atoms. The average molecular weight is 351 g/mol. The molecule has 25 heavy (non-hydrogen) atoms. The van der Waals surface area contributed by atoms with Gasteiger partial charge in [-0.05, 0) is 25.1 Å². The molecule has 0 atom stereocenters. The Bertz CT molecular complexity index is 586. The van der Waals surface area contributed by atoms with Gasteiger partial charge in [0.2, 0.25) is 0 Å². The Labute approximate surface area is 147 Å². The van der Waals surface area contributed by atoms with Crippen LogP contribution >= 0.6 is 0 Å². The maximum atomic E-state index is 11.5. The molecule has 0 radical (unpaired) electrons. The van der Waals surface area contributed by atoms with E-state index in [1.54, 1.807) is 18.2 Å². The normalized spacial score (nSPS) is 10.0. The fourth-order valence-electron chi connectivity index (χ4n) is 2.35. The van der Waals surface area contributed by atoms with Crippen LogP contribution in [-0.4, -0.2) is 51.8 Å². The summed E-state index contributed by atoms with van der Waals surface area (Å²) in [7, 11) is 2.65. The number of nitrogens with two attached hydrogens (primary N) is 1. The quantitative estimate of drug-likeness (QED) is 0.677. The number of benzene rings is 1. The summed E-state index contributed by atoms with van der Waals surface area (Å²) in [6.45, 7) is 3.00. The summed E-state index contributed by atoms with van der Waals surface area (Å²) in [5.41, 5.74) is 6.80. The van der Waals surface area contributed by atoms with Crippen LogP contribution in [0.4, 0.5) is 16.2 Å². The van der Waals surface area contributed by atoms with E-state index in [0.29, 0.717) is 25.3 Å². The van der Waals surface area contributed by atoms with Crippen LogP contribution in [0.2, 0.25) is 0 Å². The Hall–Kier alpha value is -2.77. The first-order valence-corrected chi connectivity index (χ1v) is 7.98.